The lowest BCUT2D eigenvalue weighted by atomic mass is 10.1. The van der Waals surface area contributed by atoms with Crippen LogP contribution in [0.5, 0.6) is 5.75 Å². The Morgan fingerprint density at radius 2 is 1.64 bits per heavy atom. The summed E-state index contributed by atoms with van der Waals surface area (Å²) in [5, 5.41) is 2.79. The van der Waals surface area contributed by atoms with Crippen molar-refractivity contribution in [1.29, 1.82) is 0 Å². The minimum atomic E-state index is -0.547. The van der Waals surface area contributed by atoms with Crippen LogP contribution in [0.3, 0.4) is 0 Å². The fraction of sp³-hybridized carbons (Fsp3) is 0.158. The Hall–Kier alpha value is -2.79. The number of anilines is 2. The van der Waals surface area contributed by atoms with E-state index in [2.05, 4.69) is 5.32 Å². The van der Waals surface area contributed by atoms with Crippen molar-refractivity contribution in [3.8, 4) is 5.75 Å². The molecule has 0 unspecified atom stereocenters. The molecule has 2 aromatic rings. The van der Waals surface area contributed by atoms with E-state index in [0.717, 1.165) is 16.0 Å². The second-order valence-electron chi connectivity index (χ2n) is 5.81. The number of carbonyl (C=O) groups is 2. The van der Waals surface area contributed by atoms with Crippen molar-refractivity contribution in [2.45, 2.75) is 13.8 Å². The monoisotopic (exact) mass is 356 g/mol. The molecule has 0 fully saturated rings. The van der Waals surface area contributed by atoms with Gasteiger partial charge in [-0.25, -0.2) is 4.90 Å². The largest absolute Gasteiger partial charge is 0.495 e. The van der Waals surface area contributed by atoms with E-state index in [-0.39, 0.29) is 10.7 Å². The summed E-state index contributed by atoms with van der Waals surface area (Å²) in [7, 11) is 1.53. The minimum absolute atomic E-state index is 0.0373. The van der Waals surface area contributed by atoms with E-state index in [1.165, 1.54) is 7.11 Å². The topological polar surface area (TPSA) is 58.6 Å². The summed E-state index contributed by atoms with van der Waals surface area (Å²) in [5.74, 6) is -0.496. The zero-order valence-electron chi connectivity index (χ0n) is 14.1. The van der Waals surface area contributed by atoms with Gasteiger partial charge < -0.3 is 10.1 Å². The maximum atomic E-state index is 12.8. The number of rotatable bonds is 4. The van der Waals surface area contributed by atoms with Gasteiger partial charge in [-0.3, -0.25) is 9.59 Å². The van der Waals surface area contributed by atoms with Crippen molar-refractivity contribution in [3.63, 3.8) is 0 Å². The SMILES string of the molecule is COc1ccccc1NC1=C(Cl)C(=O)N(c2cc(C)cc(C)c2)C1=O. The maximum absolute atomic E-state index is 12.8. The van der Waals surface area contributed by atoms with Crippen LogP contribution in [0.15, 0.2) is 53.2 Å². The van der Waals surface area contributed by atoms with Gasteiger partial charge in [0.2, 0.25) is 0 Å². The average Bonchev–Trinajstić information content (AvgIpc) is 2.78. The Balaban J connectivity index is 1.97. The molecule has 0 bridgehead atoms. The van der Waals surface area contributed by atoms with Crippen molar-refractivity contribution in [2.75, 3.05) is 17.3 Å². The Labute approximate surface area is 150 Å². The number of hydrogen-bond acceptors (Lipinski definition) is 4. The Morgan fingerprint density at radius 1 is 1.00 bits per heavy atom. The van der Waals surface area contributed by atoms with Crippen molar-refractivity contribution >= 4 is 34.8 Å². The molecule has 3 rings (SSSR count). The van der Waals surface area contributed by atoms with E-state index in [4.69, 9.17) is 16.3 Å². The van der Waals surface area contributed by atoms with Gasteiger partial charge in [-0.05, 0) is 49.2 Å². The highest BCUT2D eigenvalue weighted by atomic mass is 35.5. The van der Waals surface area contributed by atoms with Crippen LogP contribution in [0, 0.1) is 13.8 Å². The first-order valence-corrected chi connectivity index (χ1v) is 8.07. The Morgan fingerprint density at radius 3 is 2.28 bits per heavy atom. The summed E-state index contributed by atoms with van der Waals surface area (Å²) in [4.78, 5) is 26.4. The predicted octanol–water partition coefficient (Wildman–Crippen LogP) is 3.75. The van der Waals surface area contributed by atoms with E-state index in [1.807, 2.05) is 26.0 Å². The number of amides is 2. The van der Waals surface area contributed by atoms with Crippen LogP contribution in [0.1, 0.15) is 11.1 Å². The van der Waals surface area contributed by atoms with Crippen molar-refractivity contribution in [3.05, 3.63) is 64.3 Å². The van der Waals surface area contributed by atoms with Crippen LogP contribution in [0.25, 0.3) is 0 Å². The molecule has 2 aromatic carbocycles. The summed E-state index contributed by atoms with van der Waals surface area (Å²) in [6, 6.07) is 12.6. The standard InChI is InChI=1S/C19H17ClN2O3/c1-11-8-12(2)10-13(9-11)22-18(23)16(20)17(19(22)24)21-14-6-4-5-7-15(14)25-3/h4-10,21H,1-3H3. The van der Waals surface area contributed by atoms with Crippen LogP contribution >= 0.6 is 11.6 Å². The van der Waals surface area contributed by atoms with Gasteiger partial charge in [-0.2, -0.15) is 0 Å². The molecule has 25 heavy (non-hydrogen) atoms. The Bertz CT molecular complexity index is 885. The number of hydrogen-bond donors (Lipinski definition) is 1. The van der Waals surface area contributed by atoms with E-state index >= 15 is 0 Å². The molecular formula is C19H17ClN2O3. The number of nitrogens with one attached hydrogen (secondary N) is 1. The number of methoxy groups -OCH3 is 1. The fourth-order valence-corrected chi connectivity index (χ4v) is 3.02. The molecule has 1 aliphatic rings. The summed E-state index contributed by atoms with van der Waals surface area (Å²) < 4.78 is 5.26. The molecular weight excluding hydrogens is 340 g/mol. The molecule has 1 N–H and O–H groups in total. The van der Waals surface area contributed by atoms with E-state index < -0.39 is 11.8 Å². The van der Waals surface area contributed by atoms with E-state index in [0.29, 0.717) is 17.1 Å². The van der Waals surface area contributed by atoms with Gasteiger partial charge in [-0.1, -0.05) is 29.8 Å². The first-order valence-electron chi connectivity index (χ1n) is 7.69. The third-order valence-corrected chi connectivity index (χ3v) is 4.21. The number of ether oxygens (including phenoxy) is 1. The summed E-state index contributed by atoms with van der Waals surface area (Å²) >= 11 is 6.16. The van der Waals surface area contributed by atoms with Gasteiger partial charge in [0.15, 0.2) is 0 Å². The zero-order chi connectivity index (χ0) is 18.1. The van der Waals surface area contributed by atoms with Crippen LogP contribution in [-0.2, 0) is 9.59 Å². The number of nitrogens with zero attached hydrogens (tertiary/aromatic N) is 1. The number of carbonyl (C=O) groups excluding carboxylic acids is 2. The number of para-hydroxylation sites is 2. The molecule has 1 heterocycles. The third kappa shape index (κ3) is 3.10. The summed E-state index contributed by atoms with van der Waals surface area (Å²) in [5.41, 5.74) is 3.01. The lowest BCUT2D eigenvalue weighted by Gasteiger charge is -2.17. The quantitative estimate of drug-likeness (QED) is 0.848. The molecule has 0 spiro atoms. The van der Waals surface area contributed by atoms with Crippen molar-refractivity contribution in [1.82, 2.24) is 0 Å². The zero-order valence-corrected chi connectivity index (χ0v) is 14.8. The highest BCUT2D eigenvalue weighted by molar-refractivity contribution is 6.53. The van der Waals surface area contributed by atoms with Gasteiger partial charge in [0.05, 0.1) is 18.5 Å². The molecule has 1 aliphatic heterocycles. The third-order valence-electron chi connectivity index (χ3n) is 3.86. The maximum Gasteiger partial charge on any atom is 0.283 e. The number of aryl methyl sites for hydroxylation is 2. The summed E-state index contributed by atoms with van der Waals surface area (Å²) in [6.45, 7) is 3.81. The number of imide groups is 1. The highest BCUT2D eigenvalue weighted by Crippen LogP contribution is 2.33. The molecule has 0 saturated heterocycles. The van der Waals surface area contributed by atoms with Crippen LogP contribution < -0.4 is 15.0 Å². The lowest BCUT2D eigenvalue weighted by Crippen LogP contribution is -2.32. The van der Waals surface area contributed by atoms with Crippen molar-refractivity contribution < 1.29 is 14.3 Å². The van der Waals surface area contributed by atoms with E-state index in [9.17, 15) is 9.59 Å². The molecule has 0 aromatic heterocycles. The normalized spacial score (nSPS) is 14.3. The first-order chi connectivity index (χ1) is 11.9. The molecule has 0 radical (unpaired) electrons. The smallest absolute Gasteiger partial charge is 0.283 e. The molecule has 128 valence electrons. The average molecular weight is 357 g/mol. The lowest BCUT2D eigenvalue weighted by molar-refractivity contribution is -0.120. The molecule has 5 nitrogen and oxygen atoms in total. The van der Waals surface area contributed by atoms with Crippen LogP contribution in [0.4, 0.5) is 11.4 Å². The van der Waals surface area contributed by atoms with Gasteiger partial charge in [0.1, 0.15) is 16.5 Å². The van der Waals surface area contributed by atoms with Gasteiger partial charge in [0, 0.05) is 0 Å². The second-order valence-corrected chi connectivity index (χ2v) is 6.18. The minimum Gasteiger partial charge on any atom is -0.495 e. The number of halogens is 1. The van der Waals surface area contributed by atoms with Gasteiger partial charge >= 0.3 is 0 Å². The van der Waals surface area contributed by atoms with Crippen LogP contribution in [0.2, 0.25) is 0 Å². The molecule has 6 heteroatoms. The van der Waals surface area contributed by atoms with Crippen molar-refractivity contribution in [2.24, 2.45) is 0 Å². The van der Waals surface area contributed by atoms with Gasteiger partial charge in [-0.15, -0.1) is 0 Å². The predicted molar refractivity (Wildman–Crippen MR) is 97.9 cm³/mol. The molecule has 0 atom stereocenters. The number of benzene rings is 2. The molecule has 0 saturated carbocycles. The van der Waals surface area contributed by atoms with Crippen LogP contribution in [-0.4, -0.2) is 18.9 Å². The first kappa shape index (κ1) is 17.0. The molecule has 0 aliphatic carbocycles. The summed E-state index contributed by atoms with van der Waals surface area (Å²) in [6.07, 6.45) is 0. The second kappa shape index (κ2) is 6.61. The van der Waals surface area contributed by atoms with E-state index in [1.54, 1.807) is 30.3 Å². The van der Waals surface area contributed by atoms with Gasteiger partial charge in [0.25, 0.3) is 11.8 Å². The Kier molecular flexibility index (Phi) is 4.51. The molecule has 2 amide bonds. The fourth-order valence-electron chi connectivity index (χ4n) is 2.81. The highest BCUT2D eigenvalue weighted by Gasteiger charge is 2.39.